The number of anilines is 1. The first-order valence-electron chi connectivity index (χ1n) is 7.74. The van der Waals surface area contributed by atoms with Crippen LogP contribution in [-0.4, -0.2) is 42.1 Å². The topological polar surface area (TPSA) is 49.6 Å². The molecule has 0 unspecified atom stereocenters. The summed E-state index contributed by atoms with van der Waals surface area (Å²) in [6.07, 6.45) is 0.359. The Balaban J connectivity index is 1.59. The van der Waals surface area contributed by atoms with Gasteiger partial charge in [0.1, 0.15) is 5.76 Å². The largest absolute Gasteiger partial charge is 0.368 e. The Hall–Kier alpha value is -2.01. The van der Waals surface area contributed by atoms with E-state index in [2.05, 4.69) is 10.1 Å². The van der Waals surface area contributed by atoms with E-state index in [4.69, 9.17) is 16.1 Å². The number of carbonyl (C=O) groups excluding carboxylic acids is 1. The van der Waals surface area contributed by atoms with Crippen molar-refractivity contribution in [3.8, 4) is 0 Å². The minimum absolute atomic E-state index is 0.130. The number of hydrogen-bond donors (Lipinski definition) is 0. The molecule has 1 aromatic heterocycles. The Bertz CT molecular complexity index is 686. The Labute approximate surface area is 140 Å². The van der Waals surface area contributed by atoms with Crippen molar-refractivity contribution in [2.45, 2.75) is 20.3 Å². The monoisotopic (exact) mass is 333 g/mol. The summed E-state index contributed by atoms with van der Waals surface area (Å²) < 4.78 is 5.13. The molecule has 5 nitrogen and oxygen atoms in total. The molecule has 0 bridgehead atoms. The summed E-state index contributed by atoms with van der Waals surface area (Å²) >= 11 is 6.05. The highest BCUT2D eigenvalue weighted by Gasteiger charge is 2.23. The number of aromatic nitrogens is 1. The minimum atomic E-state index is 0.130. The molecule has 0 saturated carbocycles. The van der Waals surface area contributed by atoms with Crippen molar-refractivity contribution >= 4 is 23.2 Å². The molecule has 0 N–H and O–H groups in total. The maximum Gasteiger partial charge on any atom is 0.227 e. The lowest BCUT2D eigenvalue weighted by Crippen LogP contribution is -2.49. The first kappa shape index (κ1) is 15.9. The molecular formula is C17H20ClN3O2. The fourth-order valence-corrected chi connectivity index (χ4v) is 3.09. The van der Waals surface area contributed by atoms with Gasteiger partial charge in [0, 0.05) is 42.5 Å². The van der Waals surface area contributed by atoms with E-state index < -0.39 is 0 Å². The molecule has 0 aliphatic carbocycles. The number of carbonyl (C=O) groups is 1. The smallest absolute Gasteiger partial charge is 0.227 e. The molecule has 122 valence electrons. The molecule has 0 atom stereocenters. The predicted molar refractivity (Wildman–Crippen MR) is 89.9 cm³/mol. The third-order valence-electron chi connectivity index (χ3n) is 4.31. The van der Waals surface area contributed by atoms with Gasteiger partial charge in [-0.3, -0.25) is 4.79 Å². The van der Waals surface area contributed by atoms with Crippen LogP contribution in [-0.2, 0) is 11.2 Å². The van der Waals surface area contributed by atoms with E-state index in [0.29, 0.717) is 19.5 Å². The van der Waals surface area contributed by atoms with Crippen molar-refractivity contribution in [3.05, 3.63) is 46.3 Å². The summed E-state index contributed by atoms with van der Waals surface area (Å²) in [4.78, 5) is 16.6. The standard InChI is InChI=1S/C17H20ClN3O2/c1-12-16(13(2)23-19-12)11-17(22)21-8-6-20(7-9-21)15-5-3-4-14(18)10-15/h3-5,10H,6-9,11H2,1-2H3. The lowest BCUT2D eigenvalue weighted by atomic mass is 10.1. The van der Waals surface area contributed by atoms with Gasteiger partial charge in [-0.25, -0.2) is 0 Å². The van der Waals surface area contributed by atoms with E-state index in [1.807, 2.05) is 43.0 Å². The normalized spacial score (nSPS) is 15.1. The lowest BCUT2D eigenvalue weighted by molar-refractivity contribution is -0.130. The van der Waals surface area contributed by atoms with Crippen LogP contribution in [0.5, 0.6) is 0 Å². The zero-order valence-electron chi connectivity index (χ0n) is 13.4. The van der Waals surface area contributed by atoms with Crippen LogP contribution in [0.1, 0.15) is 17.0 Å². The van der Waals surface area contributed by atoms with Crippen LogP contribution in [0.4, 0.5) is 5.69 Å². The quantitative estimate of drug-likeness (QED) is 0.866. The Morgan fingerprint density at radius 1 is 1.26 bits per heavy atom. The van der Waals surface area contributed by atoms with Crippen molar-refractivity contribution in [1.82, 2.24) is 10.1 Å². The SMILES string of the molecule is Cc1noc(C)c1CC(=O)N1CCN(c2cccc(Cl)c2)CC1. The van der Waals surface area contributed by atoms with Gasteiger partial charge in [-0.15, -0.1) is 0 Å². The second-order valence-corrected chi connectivity index (χ2v) is 6.26. The maximum absolute atomic E-state index is 12.5. The van der Waals surface area contributed by atoms with Crippen molar-refractivity contribution in [3.63, 3.8) is 0 Å². The van der Waals surface area contributed by atoms with Gasteiger partial charge in [0.15, 0.2) is 0 Å². The van der Waals surface area contributed by atoms with Crippen LogP contribution in [0.2, 0.25) is 5.02 Å². The van der Waals surface area contributed by atoms with Gasteiger partial charge in [0.2, 0.25) is 5.91 Å². The molecule has 2 heterocycles. The molecular weight excluding hydrogens is 314 g/mol. The van der Waals surface area contributed by atoms with Gasteiger partial charge in [-0.05, 0) is 32.0 Å². The molecule has 6 heteroatoms. The molecule has 23 heavy (non-hydrogen) atoms. The van der Waals surface area contributed by atoms with E-state index in [0.717, 1.165) is 40.8 Å². The van der Waals surface area contributed by atoms with Gasteiger partial charge >= 0.3 is 0 Å². The third kappa shape index (κ3) is 3.50. The minimum Gasteiger partial charge on any atom is -0.368 e. The first-order valence-corrected chi connectivity index (χ1v) is 8.12. The van der Waals surface area contributed by atoms with Crippen LogP contribution in [0, 0.1) is 13.8 Å². The van der Waals surface area contributed by atoms with Crippen LogP contribution in [0.15, 0.2) is 28.8 Å². The molecule has 0 radical (unpaired) electrons. The third-order valence-corrected chi connectivity index (χ3v) is 4.55. The average molecular weight is 334 g/mol. The van der Waals surface area contributed by atoms with Crippen LogP contribution in [0.3, 0.4) is 0 Å². The second-order valence-electron chi connectivity index (χ2n) is 5.83. The van der Waals surface area contributed by atoms with Gasteiger partial charge in [0.05, 0.1) is 12.1 Å². The number of piperazine rings is 1. The zero-order chi connectivity index (χ0) is 16.4. The van der Waals surface area contributed by atoms with E-state index >= 15 is 0 Å². The van der Waals surface area contributed by atoms with Crippen LogP contribution < -0.4 is 4.90 Å². The van der Waals surface area contributed by atoms with Crippen molar-refractivity contribution in [2.75, 3.05) is 31.1 Å². The fraction of sp³-hybridized carbons (Fsp3) is 0.412. The Morgan fingerprint density at radius 2 is 2.00 bits per heavy atom. The highest BCUT2D eigenvalue weighted by Crippen LogP contribution is 2.21. The molecule has 2 aromatic rings. The summed E-state index contributed by atoms with van der Waals surface area (Å²) in [5.74, 6) is 0.860. The van der Waals surface area contributed by atoms with E-state index in [1.54, 1.807) is 0 Å². The molecule has 1 saturated heterocycles. The van der Waals surface area contributed by atoms with Crippen LogP contribution in [0.25, 0.3) is 0 Å². The highest BCUT2D eigenvalue weighted by molar-refractivity contribution is 6.30. The van der Waals surface area contributed by atoms with Gasteiger partial charge < -0.3 is 14.3 Å². The summed E-state index contributed by atoms with van der Waals surface area (Å²) in [5, 5.41) is 4.64. The van der Waals surface area contributed by atoms with E-state index in [9.17, 15) is 4.79 Å². The van der Waals surface area contributed by atoms with Crippen molar-refractivity contribution < 1.29 is 9.32 Å². The second kappa shape index (κ2) is 6.62. The van der Waals surface area contributed by atoms with Crippen molar-refractivity contribution in [1.29, 1.82) is 0 Å². The number of nitrogens with zero attached hydrogens (tertiary/aromatic N) is 3. The average Bonchev–Trinajstić information content (AvgIpc) is 2.87. The molecule has 3 rings (SSSR count). The highest BCUT2D eigenvalue weighted by atomic mass is 35.5. The van der Waals surface area contributed by atoms with Crippen molar-refractivity contribution in [2.24, 2.45) is 0 Å². The predicted octanol–water partition coefficient (Wildman–Crippen LogP) is 2.84. The molecule has 1 aromatic carbocycles. The summed E-state index contributed by atoms with van der Waals surface area (Å²) in [5.41, 5.74) is 2.82. The Kier molecular flexibility index (Phi) is 4.57. The molecule has 1 aliphatic rings. The number of halogens is 1. The van der Waals surface area contributed by atoms with Gasteiger partial charge in [0.25, 0.3) is 0 Å². The van der Waals surface area contributed by atoms with Gasteiger partial charge in [-0.1, -0.05) is 22.8 Å². The first-order chi connectivity index (χ1) is 11.0. The summed E-state index contributed by atoms with van der Waals surface area (Å²) in [7, 11) is 0. The summed E-state index contributed by atoms with van der Waals surface area (Å²) in [6.45, 7) is 6.78. The molecule has 1 fully saturated rings. The molecule has 1 aliphatic heterocycles. The summed E-state index contributed by atoms with van der Waals surface area (Å²) in [6, 6.07) is 7.83. The lowest BCUT2D eigenvalue weighted by Gasteiger charge is -2.36. The molecule has 1 amide bonds. The maximum atomic E-state index is 12.5. The fourth-order valence-electron chi connectivity index (χ4n) is 2.90. The van der Waals surface area contributed by atoms with Crippen LogP contribution >= 0.6 is 11.6 Å². The van der Waals surface area contributed by atoms with E-state index in [1.165, 1.54) is 0 Å². The number of benzene rings is 1. The number of hydrogen-bond acceptors (Lipinski definition) is 4. The Morgan fingerprint density at radius 3 is 2.61 bits per heavy atom. The van der Waals surface area contributed by atoms with Gasteiger partial charge in [-0.2, -0.15) is 0 Å². The molecule has 0 spiro atoms. The number of amides is 1. The van der Waals surface area contributed by atoms with E-state index in [-0.39, 0.29) is 5.91 Å². The number of rotatable bonds is 3. The number of aryl methyl sites for hydroxylation is 2. The zero-order valence-corrected chi connectivity index (χ0v) is 14.1.